The predicted octanol–water partition coefficient (Wildman–Crippen LogP) is 3.42. The van der Waals surface area contributed by atoms with E-state index in [4.69, 9.17) is 9.47 Å². The fourth-order valence-electron chi connectivity index (χ4n) is 3.48. The van der Waals surface area contributed by atoms with E-state index in [1.807, 2.05) is 12.1 Å². The van der Waals surface area contributed by atoms with E-state index in [0.717, 1.165) is 5.69 Å². The largest absolute Gasteiger partial charge is 0.497 e. The van der Waals surface area contributed by atoms with Gasteiger partial charge in [-0.05, 0) is 68.8 Å². The minimum atomic E-state index is -3.67. The first-order valence-corrected chi connectivity index (χ1v) is 10.4. The smallest absolute Gasteiger partial charge is 0.262 e. The van der Waals surface area contributed by atoms with Crippen molar-refractivity contribution in [2.45, 2.75) is 37.8 Å². The number of anilines is 2. The summed E-state index contributed by atoms with van der Waals surface area (Å²) < 4.78 is 38.8. The van der Waals surface area contributed by atoms with E-state index in [2.05, 4.69) is 23.5 Å². The SMILES string of the molecule is COc1ccc(S(=O)(=O)Nc2ccc(N3C(C)COCC3C)cc2)c(C)c1. The van der Waals surface area contributed by atoms with Crippen LogP contribution >= 0.6 is 0 Å². The van der Waals surface area contributed by atoms with Crippen LogP contribution in [0.4, 0.5) is 11.4 Å². The van der Waals surface area contributed by atoms with Gasteiger partial charge < -0.3 is 14.4 Å². The molecule has 0 aromatic heterocycles. The van der Waals surface area contributed by atoms with E-state index in [1.54, 1.807) is 44.4 Å². The quantitative estimate of drug-likeness (QED) is 0.847. The summed E-state index contributed by atoms with van der Waals surface area (Å²) in [4.78, 5) is 2.54. The van der Waals surface area contributed by atoms with Gasteiger partial charge in [-0.15, -0.1) is 0 Å². The Labute approximate surface area is 161 Å². The molecule has 0 saturated carbocycles. The van der Waals surface area contributed by atoms with Crippen molar-refractivity contribution in [1.29, 1.82) is 0 Å². The van der Waals surface area contributed by atoms with Gasteiger partial charge in [-0.25, -0.2) is 8.42 Å². The zero-order valence-electron chi connectivity index (χ0n) is 16.1. The van der Waals surface area contributed by atoms with Gasteiger partial charge in [0.1, 0.15) is 5.75 Å². The van der Waals surface area contributed by atoms with E-state index in [1.165, 1.54) is 0 Å². The second kappa shape index (κ2) is 7.78. The topological polar surface area (TPSA) is 67.9 Å². The fraction of sp³-hybridized carbons (Fsp3) is 0.400. The number of sulfonamides is 1. The average molecular weight is 391 g/mol. The van der Waals surface area contributed by atoms with Crippen molar-refractivity contribution in [2.24, 2.45) is 0 Å². The molecule has 1 fully saturated rings. The zero-order valence-corrected chi connectivity index (χ0v) is 16.9. The number of morpholine rings is 1. The highest BCUT2D eigenvalue weighted by Gasteiger charge is 2.25. The minimum Gasteiger partial charge on any atom is -0.497 e. The maximum Gasteiger partial charge on any atom is 0.262 e. The highest BCUT2D eigenvalue weighted by Crippen LogP contribution is 2.27. The number of ether oxygens (including phenoxy) is 2. The number of hydrogen-bond acceptors (Lipinski definition) is 5. The van der Waals surface area contributed by atoms with Gasteiger partial charge in [-0.2, -0.15) is 0 Å². The standard InChI is InChI=1S/C20H26N2O4S/c1-14-11-19(25-4)9-10-20(14)27(23,24)21-17-5-7-18(8-6-17)22-15(2)12-26-13-16(22)3/h5-11,15-16,21H,12-13H2,1-4H3. The van der Waals surface area contributed by atoms with Crippen molar-refractivity contribution in [3.05, 3.63) is 48.0 Å². The number of rotatable bonds is 5. The van der Waals surface area contributed by atoms with Crippen LogP contribution in [0.25, 0.3) is 0 Å². The lowest BCUT2D eigenvalue weighted by atomic mass is 10.1. The second-order valence-corrected chi connectivity index (χ2v) is 8.58. The molecule has 0 aliphatic carbocycles. The molecule has 27 heavy (non-hydrogen) atoms. The van der Waals surface area contributed by atoms with Crippen LogP contribution in [0.5, 0.6) is 5.75 Å². The van der Waals surface area contributed by atoms with Crippen molar-refractivity contribution in [3.8, 4) is 5.75 Å². The van der Waals surface area contributed by atoms with E-state index < -0.39 is 10.0 Å². The number of nitrogens with one attached hydrogen (secondary N) is 1. The molecule has 2 unspecified atom stereocenters. The zero-order chi connectivity index (χ0) is 19.6. The fourth-order valence-corrected chi connectivity index (χ4v) is 4.76. The molecule has 1 heterocycles. The first kappa shape index (κ1) is 19.5. The summed E-state index contributed by atoms with van der Waals surface area (Å²) in [6.07, 6.45) is 0. The van der Waals surface area contributed by atoms with Gasteiger partial charge in [0.15, 0.2) is 0 Å². The first-order chi connectivity index (χ1) is 12.8. The molecule has 1 aliphatic heterocycles. The van der Waals surface area contributed by atoms with Crippen molar-refractivity contribution < 1.29 is 17.9 Å². The molecule has 0 radical (unpaired) electrons. The second-order valence-electron chi connectivity index (χ2n) is 6.93. The Morgan fingerprint density at radius 3 is 2.26 bits per heavy atom. The molecule has 7 heteroatoms. The lowest BCUT2D eigenvalue weighted by molar-refractivity contribution is 0.0757. The molecule has 2 atom stereocenters. The molecule has 2 aromatic rings. The highest BCUT2D eigenvalue weighted by atomic mass is 32.2. The van der Waals surface area contributed by atoms with Gasteiger partial charge in [0, 0.05) is 23.5 Å². The molecule has 0 bridgehead atoms. The maximum absolute atomic E-state index is 12.7. The third-order valence-electron chi connectivity index (χ3n) is 4.76. The van der Waals surface area contributed by atoms with Gasteiger partial charge in [0.05, 0.1) is 25.2 Å². The highest BCUT2D eigenvalue weighted by molar-refractivity contribution is 7.92. The van der Waals surface area contributed by atoms with Crippen LogP contribution < -0.4 is 14.4 Å². The summed E-state index contributed by atoms with van der Waals surface area (Å²) in [6, 6.07) is 12.9. The summed E-state index contributed by atoms with van der Waals surface area (Å²) in [7, 11) is -2.11. The van der Waals surface area contributed by atoms with E-state index in [0.29, 0.717) is 30.2 Å². The Morgan fingerprint density at radius 2 is 1.70 bits per heavy atom. The molecule has 6 nitrogen and oxygen atoms in total. The summed E-state index contributed by atoms with van der Waals surface area (Å²) in [5.74, 6) is 0.629. The van der Waals surface area contributed by atoms with Gasteiger partial charge in [0.2, 0.25) is 0 Å². The van der Waals surface area contributed by atoms with Gasteiger partial charge in [-0.3, -0.25) is 4.72 Å². The van der Waals surface area contributed by atoms with Crippen LogP contribution in [-0.4, -0.2) is 40.8 Å². The summed E-state index contributed by atoms with van der Waals surface area (Å²) in [6.45, 7) is 7.38. The Hall–Kier alpha value is -2.25. The van der Waals surface area contributed by atoms with E-state index in [9.17, 15) is 8.42 Å². The number of nitrogens with zero attached hydrogens (tertiary/aromatic N) is 1. The monoisotopic (exact) mass is 390 g/mol. The molecule has 3 rings (SSSR count). The summed E-state index contributed by atoms with van der Waals surface area (Å²) >= 11 is 0. The normalized spacial score (nSPS) is 20.4. The number of hydrogen-bond donors (Lipinski definition) is 1. The number of methoxy groups -OCH3 is 1. The third-order valence-corrected chi connectivity index (χ3v) is 6.30. The van der Waals surface area contributed by atoms with Crippen LogP contribution in [-0.2, 0) is 14.8 Å². The molecule has 1 aliphatic rings. The van der Waals surface area contributed by atoms with Crippen LogP contribution in [0.3, 0.4) is 0 Å². The van der Waals surface area contributed by atoms with Crippen molar-refractivity contribution in [3.63, 3.8) is 0 Å². The Kier molecular flexibility index (Phi) is 5.62. The van der Waals surface area contributed by atoms with Crippen molar-refractivity contribution >= 4 is 21.4 Å². The molecule has 146 valence electrons. The van der Waals surface area contributed by atoms with Gasteiger partial charge in [-0.1, -0.05) is 0 Å². The van der Waals surface area contributed by atoms with Gasteiger partial charge in [0.25, 0.3) is 10.0 Å². The lowest BCUT2D eigenvalue weighted by Gasteiger charge is -2.40. The van der Waals surface area contributed by atoms with Gasteiger partial charge >= 0.3 is 0 Å². The lowest BCUT2D eigenvalue weighted by Crippen LogP contribution is -2.49. The van der Waals surface area contributed by atoms with Crippen LogP contribution in [0.1, 0.15) is 19.4 Å². The first-order valence-electron chi connectivity index (χ1n) is 8.95. The third kappa shape index (κ3) is 4.20. The number of benzene rings is 2. The van der Waals surface area contributed by atoms with Crippen LogP contribution in [0.15, 0.2) is 47.4 Å². The number of aryl methyl sites for hydroxylation is 1. The molecular formula is C20H26N2O4S. The molecule has 1 N–H and O–H groups in total. The van der Waals surface area contributed by atoms with Crippen LogP contribution in [0, 0.1) is 6.92 Å². The summed E-state index contributed by atoms with van der Waals surface area (Å²) in [5, 5.41) is 0. The maximum atomic E-state index is 12.7. The molecular weight excluding hydrogens is 364 g/mol. The van der Waals surface area contributed by atoms with E-state index >= 15 is 0 Å². The Bertz CT molecular complexity index is 887. The molecule has 0 spiro atoms. The van der Waals surface area contributed by atoms with Crippen LogP contribution in [0.2, 0.25) is 0 Å². The minimum absolute atomic E-state index is 0.239. The van der Waals surface area contributed by atoms with Crippen molar-refractivity contribution in [1.82, 2.24) is 0 Å². The Balaban J connectivity index is 1.79. The Morgan fingerprint density at radius 1 is 1.07 bits per heavy atom. The van der Waals surface area contributed by atoms with Crippen molar-refractivity contribution in [2.75, 3.05) is 29.9 Å². The molecule has 1 saturated heterocycles. The predicted molar refractivity (Wildman–Crippen MR) is 107 cm³/mol. The summed E-state index contributed by atoms with van der Waals surface area (Å²) in [5.41, 5.74) is 2.22. The average Bonchev–Trinajstić information content (AvgIpc) is 2.62. The van der Waals surface area contributed by atoms with E-state index in [-0.39, 0.29) is 17.0 Å². The molecule has 2 aromatic carbocycles. The molecule has 0 amide bonds.